The molecule has 3 heterocycles. The van der Waals surface area contributed by atoms with E-state index in [0.717, 1.165) is 11.3 Å². The van der Waals surface area contributed by atoms with Gasteiger partial charge in [0.1, 0.15) is 18.4 Å². The monoisotopic (exact) mass is 313 g/mol. The predicted octanol–water partition coefficient (Wildman–Crippen LogP) is 1.42. The third kappa shape index (κ3) is 2.80. The summed E-state index contributed by atoms with van der Waals surface area (Å²) in [4.78, 5) is 8.61. The largest absolute Gasteiger partial charge is 0.492 e. The Labute approximate surface area is 131 Å². The number of aromatic nitrogens is 4. The summed E-state index contributed by atoms with van der Waals surface area (Å²) in [5.74, 6) is 2.90. The minimum absolute atomic E-state index is 0.193. The van der Waals surface area contributed by atoms with E-state index >= 15 is 0 Å². The van der Waals surface area contributed by atoms with Crippen LogP contribution in [0.2, 0.25) is 0 Å². The van der Waals surface area contributed by atoms with Gasteiger partial charge < -0.3 is 13.8 Å². The van der Waals surface area contributed by atoms with Crippen molar-refractivity contribution >= 4 is 0 Å². The highest BCUT2D eigenvalue weighted by molar-refractivity contribution is 5.39. The lowest BCUT2D eigenvalue weighted by molar-refractivity contribution is 0.319. The van der Waals surface area contributed by atoms with Crippen LogP contribution in [0.1, 0.15) is 35.0 Å². The zero-order valence-electron chi connectivity index (χ0n) is 12.5. The Morgan fingerprint density at radius 2 is 1.96 bits per heavy atom. The molecular formula is C15H15N5O3. The molecule has 0 amide bonds. The molecule has 1 unspecified atom stereocenters. The third-order valence-corrected chi connectivity index (χ3v) is 3.55. The number of hydrogen-bond donors (Lipinski definition) is 1. The third-order valence-electron chi connectivity index (χ3n) is 3.55. The lowest BCUT2D eigenvalue weighted by Crippen LogP contribution is -2.24. The number of fused-ring (bicyclic) bond motifs is 1. The fourth-order valence-corrected chi connectivity index (χ4v) is 2.56. The van der Waals surface area contributed by atoms with Crippen LogP contribution in [0.3, 0.4) is 0 Å². The van der Waals surface area contributed by atoms with Gasteiger partial charge in [-0.15, -0.1) is 0 Å². The minimum atomic E-state index is -0.193. The Balaban J connectivity index is 1.61. The summed E-state index contributed by atoms with van der Waals surface area (Å²) in [5, 5.41) is 11.2. The van der Waals surface area contributed by atoms with E-state index in [4.69, 9.17) is 13.8 Å². The van der Waals surface area contributed by atoms with Gasteiger partial charge in [-0.1, -0.05) is 28.5 Å². The Morgan fingerprint density at radius 1 is 1.13 bits per heavy atom. The van der Waals surface area contributed by atoms with Gasteiger partial charge in [-0.25, -0.2) is 0 Å². The molecule has 3 aromatic rings. The fraction of sp³-hybridized carbons (Fsp3) is 0.333. The molecule has 1 aromatic carbocycles. The zero-order chi connectivity index (χ0) is 15.6. The van der Waals surface area contributed by atoms with Gasteiger partial charge in [-0.3, -0.25) is 5.32 Å². The van der Waals surface area contributed by atoms with Crippen LogP contribution < -0.4 is 10.1 Å². The van der Waals surface area contributed by atoms with Crippen molar-refractivity contribution in [2.75, 3.05) is 13.2 Å². The van der Waals surface area contributed by atoms with Gasteiger partial charge in [0, 0.05) is 19.0 Å². The summed E-state index contributed by atoms with van der Waals surface area (Å²) < 4.78 is 16.1. The van der Waals surface area contributed by atoms with Crippen LogP contribution in [0.5, 0.6) is 5.75 Å². The second-order valence-electron chi connectivity index (χ2n) is 5.23. The molecule has 1 atom stereocenters. The van der Waals surface area contributed by atoms with Crippen LogP contribution >= 0.6 is 0 Å². The highest BCUT2D eigenvalue weighted by Gasteiger charge is 2.26. The van der Waals surface area contributed by atoms with Gasteiger partial charge in [0.15, 0.2) is 11.6 Å². The van der Waals surface area contributed by atoms with E-state index in [0.29, 0.717) is 43.0 Å². The van der Waals surface area contributed by atoms with Crippen LogP contribution in [0.15, 0.2) is 33.3 Å². The van der Waals surface area contributed by atoms with Gasteiger partial charge in [0.05, 0.1) is 6.42 Å². The molecule has 8 nitrogen and oxygen atoms in total. The summed E-state index contributed by atoms with van der Waals surface area (Å²) >= 11 is 0. The standard InChI is InChI=1S/C15H15N5O3/c1-9-17-12(19-22-9)8-13-18-15(23-20-13)14-10-4-2-3-5-11(10)21-7-6-16-14/h2-5,14,16H,6-8H2,1H3. The van der Waals surface area contributed by atoms with Crippen molar-refractivity contribution in [1.82, 2.24) is 25.6 Å². The molecule has 118 valence electrons. The number of rotatable bonds is 3. The Kier molecular flexibility index (Phi) is 3.51. The van der Waals surface area contributed by atoms with E-state index in [1.807, 2.05) is 24.3 Å². The van der Waals surface area contributed by atoms with Crippen molar-refractivity contribution in [2.24, 2.45) is 0 Å². The fourth-order valence-electron chi connectivity index (χ4n) is 2.56. The number of nitrogens with zero attached hydrogens (tertiary/aromatic N) is 4. The summed E-state index contributed by atoms with van der Waals surface area (Å²) in [6.07, 6.45) is 0.367. The lowest BCUT2D eigenvalue weighted by atomic mass is 10.1. The predicted molar refractivity (Wildman–Crippen MR) is 77.9 cm³/mol. The van der Waals surface area contributed by atoms with Crippen molar-refractivity contribution in [3.8, 4) is 5.75 Å². The maximum atomic E-state index is 5.72. The molecule has 1 aliphatic rings. The number of nitrogens with one attached hydrogen (secondary N) is 1. The average Bonchev–Trinajstić information content (AvgIpc) is 3.12. The number of hydrogen-bond acceptors (Lipinski definition) is 8. The molecule has 0 spiro atoms. The number of para-hydroxylation sites is 1. The molecular weight excluding hydrogens is 298 g/mol. The molecule has 0 aliphatic carbocycles. The summed E-state index contributed by atoms with van der Waals surface area (Å²) in [7, 11) is 0. The van der Waals surface area contributed by atoms with Gasteiger partial charge in [-0.2, -0.15) is 9.97 Å². The average molecular weight is 313 g/mol. The number of benzene rings is 1. The molecule has 8 heteroatoms. The Morgan fingerprint density at radius 3 is 2.83 bits per heavy atom. The second-order valence-corrected chi connectivity index (χ2v) is 5.23. The highest BCUT2D eigenvalue weighted by Crippen LogP contribution is 2.30. The highest BCUT2D eigenvalue weighted by atomic mass is 16.5. The van der Waals surface area contributed by atoms with Crippen molar-refractivity contribution in [3.63, 3.8) is 0 Å². The van der Waals surface area contributed by atoms with E-state index < -0.39 is 0 Å². The maximum Gasteiger partial charge on any atom is 0.248 e. The van der Waals surface area contributed by atoms with Gasteiger partial charge in [0.2, 0.25) is 11.8 Å². The number of ether oxygens (including phenoxy) is 1. The molecule has 4 rings (SSSR count). The van der Waals surface area contributed by atoms with Crippen molar-refractivity contribution in [1.29, 1.82) is 0 Å². The summed E-state index contributed by atoms with van der Waals surface area (Å²) in [5.41, 5.74) is 0.982. The minimum Gasteiger partial charge on any atom is -0.492 e. The Hall–Kier alpha value is -2.74. The van der Waals surface area contributed by atoms with Crippen LogP contribution in [0, 0.1) is 6.92 Å². The molecule has 0 fully saturated rings. The van der Waals surface area contributed by atoms with Crippen LogP contribution in [0.4, 0.5) is 0 Å². The maximum absolute atomic E-state index is 5.72. The molecule has 1 aliphatic heterocycles. The second kappa shape index (κ2) is 5.81. The first-order valence-corrected chi connectivity index (χ1v) is 7.36. The van der Waals surface area contributed by atoms with Crippen molar-refractivity contribution < 1.29 is 13.8 Å². The van der Waals surface area contributed by atoms with E-state index in [2.05, 4.69) is 25.6 Å². The Bertz CT molecular complexity index is 813. The summed E-state index contributed by atoms with van der Waals surface area (Å²) in [6.45, 7) is 3.03. The van der Waals surface area contributed by atoms with E-state index in [-0.39, 0.29) is 6.04 Å². The van der Waals surface area contributed by atoms with Gasteiger partial charge in [0.25, 0.3) is 0 Å². The normalized spacial score (nSPS) is 17.3. The van der Waals surface area contributed by atoms with Crippen LogP contribution in [-0.2, 0) is 6.42 Å². The van der Waals surface area contributed by atoms with E-state index in [1.54, 1.807) is 6.92 Å². The first-order chi connectivity index (χ1) is 11.3. The lowest BCUT2D eigenvalue weighted by Gasteiger charge is -2.12. The van der Waals surface area contributed by atoms with E-state index in [9.17, 15) is 0 Å². The molecule has 23 heavy (non-hydrogen) atoms. The van der Waals surface area contributed by atoms with Crippen molar-refractivity contribution in [2.45, 2.75) is 19.4 Å². The smallest absolute Gasteiger partial charge is 0.248 e. The quantitative estimate of drug-likeness (QED) is 0.775. The molecule has 0 bridgehead atoms. The number of aryl methyl sites for hydroxylation is 1. The first-order valence-electron chi connectivity index (χ1n) is 7.36. The molecule has 0 radical (unpaired) electrons. The first kappa shape index (κ1) is 13.9. The SMILES string of the molecule is Cc1nc(Cc2noc(C3NCCOc4ccccc43)n2)no1. The van der Waals surface area contributed by atoms with Crippen LogP contribution in [-0.4, -0.2) is 33.4 Å². The van der Waals surface area contributed by atoms with Gasteiger partial charge in [-0.05, 0) is 6.07 Å². The molecule has 0 saturated carbocycles. The molecule has 2 aromatic heterocycles. The molecule has 0 saturated heterocycles. The van der Waals surface area contributed by atoms with E-state index in [1.165, 1.54) is 0 Å². The summed E-state index contributed by atoms with van der Waals surface area (Å²) in [6, 6.07) is 7.64. The van der Waals surface area contributed by atoms with Gasteiger partial charge >= 0.3 is 0 Å². The topological polar surface area (TPSA) is 99.1 Å². The zero-order valence-corrected chi connectivity index (χ0v) is 12.5. The van der Waals surface area contributed by atoms with Crippen molar-refractivity contribution in [3.05, 3.63) is 53.3 Å². The van der Waals surface area contributed by atoms with Crippen LogP contribution in [0.25, 0.3) is 0 Å². The molecule has 1 N–H and O–H groups in total.